The Bertz CT molecular complexity index is 1150. The van der Waals surface area contributed by atoms with E-state index in [4.69, 9.17) is 14.1 Å². The van der Waals surface area contributed by atoms with Crippen molar-refractivity contribution >= 4 is 17.1 Å². The smallest absolute Gasteiger partial charge is 0.332 e. The summed E-state index contributed by atoms with van der Waals surface area (Å²) in [6, 6.07) is 3.79. The van der Waals surface area contributed by atoms with Crippen molar-refractivity contribution in [3.8, 4) is 0 Å². The quantitative estimate of drug-likeness (QED) is 0.590. The van der Waals surface area contributed by atoms with Crippen molar-refractivity contribution in [2.24, 2.45) is 7.05 Å². The van der Waals surface area contributed by atoms with Crippen molar-refractivity contribution < 1.29 is 9.15 Å². The summed E-state index contributed by atoms with van der Waals surface area (Å²) in [5, 5.41) is 0. The van der Waals surface area contributed by atoms with E-state index in [0.29, 0.717) is 56.5 Å². The van der Waals surface area contributed by atoms with Gasteiger partial charge < -0.3 is 18.6 Å². The number of rotatable bonds is 5. The van der Waals surface area contributed by atoms with Crippen LogP contribution >= 0.6 is 0 Å². The Morgan fingerprint density at radius 3 is 2.70 bits per heavy atom. The third kappa shape index (κ3) is 3.25. The van der Waals surface area contributed by atoms with Crippen LogP contribution < -0.4 is 16.1 Å². The summed E-state index contributed by atoms with van der Waals surface area (Å²) >= 11 is 0. The van der Waals surface area contributed by atoms with Crippen LogP contribution in [0.15, 0.2) is 32.4 Å². The first-order valence-corrected chi connectivity index (χ1v) is 10.4. The highest BCUT2D eigenvalue weighted by molar-refractivity contribution is 5.74. The van der Waals surface area contributed by atoms with Gasteiger partial charge in [0.05, 0.1) is 26.0 Å². The van der Waals surface area contributed by atoms with Crippen LogP contribution in [0.5, 0.6) is 0 Å². The van der Waals surface area contributed by atoms with Crippen molar-refractivity contribution in [1.82, 2.24) is 23.6 Å². The fourth-order valence-electron chi connectivity index (χ4n) is 4.34. The van der Waals surface area contributed by atoms with Gasteiger partial charge in [0.2, 0.25) is 5.95 Å². The fourth-order valence-corrected chi connectivity index (χ4v) is 4.34. The summed E-state index contributed by atoms with van der Waals surface area (Å²) < 4.78 is 15.7. The van der Waals surface area contributed by atoms with Gasteiger partial charge in [-0.05, 0) is 18.6 Å². The van der Waals surface area contributed by atoms with Gasteiger partial charge in [-0.2, -0.15) is 4.98 Å². The molecule has 10 nitrogen and oxygen atoms in total. The SMILES string of the molecule is Cn1c(=O)n(CCN2CCOCC2)c(=O)c2c1nc1n2CCCN1Cc1ccco1. The summed E-state index contributed by atoms with van der Waals surface area (Å²) in [4.78, 5) is 35.3. The zero-order valence-corrected chi connectivity index (χ0v) is 17.1. The van der Waals surface area contributed by atoms with E-state index >= 15 is 0 Å². The molecule has 30 heavy (non-hydrogen) atoms. The summed E-state index contributed by atoms with van der Waals surface area (Å²) in [6.07, 6.45) is 2.55. The number of fused-ring (bicyclic) bond motifs is 3. The van der Waals surface area contributed by atoms with Crippen molar-refractivity contribution in [3.05, 3.63) is 45.0 Å². The molecule has 0 atom stereocenters. The monoisotopic (exact) mass is 414 g/mol. The van der Waals surface area contributed by atoms with Crippen LogP contribution in [0, 0.1) is 0 Å². The number of furan rings is 1. The maximum absolute atomic E-state index is 13.3. The van der Waals surface area contributed by atoms with Crippen LogP contribution in [0.4, 0.5) is 5.95 Å². The molecule has 0 aromatic carbocycles. The number of morpholine rings is 1. The minimum Gasteiger partial charge on any atom is -0.467 e. The van der Waals surface area contributed by atoms with Gasteiger partial charge in [0, 0.05) is 46.3 Å². The third-order valence-electron chi connectivity index (χ3n) is 5.98. The lowest BCUT2D eigenvalue weighted by molar-refractivity contribution is 0.0361. The van der Waals surface area contributed by atoms with E-state index in [2.05, 4.69) is 9.80 Å². The zero-order chi connectivity index (χ0) is 20.7. The molecule has 0 spiro atoms. The summed E-state index contributed by atoms with van der Waals surface area (Å²) in [6.45, 7) is 6.13. The van der Waals surface area contributed by atoms with Crippen molar-refractivity contribution in [1.29, 1.82) is 0 Å². The molecular weight excluding hydrogens is 388 g/mol. The second-order valence-corrected chi connectivity index (χ2v) is 7.84. The van der Waals surface area contributed by atoms with E-state index in [1.807, 2.05) is 16.7 Å². The molecule has 0 radical (unpaired) electrons. The van der Waals surface area contributed by atoms with E-state index < -0.39 is 0 Å². The molecule has 0 saturated carbocycles. The molecule has 3 aromatic heterocycles. The van der Waals surface area contributed by atoms with Crippen LogP contribution in [0.3, 0.4) is 0 Å². The topological polar surface area (TPSA) is 90.7 Å². The minimum absolute atomic E-state index is 0.264. The Balaban J connectivity index is 1.53. The molecule has 1 saturated heterocycles. The van der Waals surface area contributed by atoms with E-state index in [0.717, 1.165) is 31.8 Å². The average molecular weight is 414 g/mol. The van der Waals surface area contributed by atoms with Crippen LogP contribution in [0.25, 0.3) is 11.2 Å². The number of imidazole rings is 1. The molecule has 160 valence electrons. The Kier molecular flexibility index (Phi) is 4.95. The minimum atomic E-state index is -0.325. The molecule has 2 aliphatic heterocycles. The largest absolute Gasteiger partial charge is 0.467 e. The molecule has 0 amide bonds. The number of aryl methyl sites for hydroxylation is 2. The van der Waals surface area contributed by atoms with Gasteiger partial charge in [-0.15, -0.1) is 0 Å². The van der Waals surface area contributed by atoms with Gasteiger partial charge in [-0.3, -0.25) is 18.8 Å². The van der Waals surface area contributed by atoms with Crippen molar-refractivity contribution in [3.63, 3.8) is 0 Å². The first kappa shape index (κ1) is 19.1. The Labute approximate surface area is 172 Å². The van der Waals surface area contributed by atoms with Crippen LogP contribution in [-0.2, 0) is 31.4 Å². The summed E-state index contributed by atoms with van der Waals surface area (Å²) in [5.74, 6) is 1.55. The van der Waals surface area contributed by atoms with Gasteiger partial charge >= 0.3 is 5.69 Å². The zero-order valence-electron chi connectivity index (χ0n) is 17.1. The van der Waals surface area contributed by atoms with Gasteiger partial charge in [-0.1, -0.05) is 0 Å². The van der Waals surface area contributed by atoms with E-state index in [1.165, 1.54) is 9.13 Å². The number of hydrogen-bond acceptors (Lipinski definition) is 7. The van der Waals surface area contributed by atoms with E-state index in [9.17, 15) is 9.59 Å². The molecule has 0 unspecified atom stereocenters. The fraction of sp³-hybridized carbons (Fsp3) is 0.550. The molecule has 5 rings (SSSR count). The van der Waals surface area contributed by atoms with Gasteiger partial charge in [0.25, 0.3) is 5.56 Å². The van der Waals surface area contributed by atoms with E-state index in [1.54, 1.807) is 13.3 Å². The maximum atomic E-state index is 13.3. The first-order valence-electron chi connectivity index (χ1n) is 10.4. The Morgan fingerprint density at radius 1 is 1.10 bits per heavy atom. The highest BCUT2D eigenvalue weighted by Gasteiger charge is 2.26. The standard InChI is InChI=1S/C20H26N6O4/c1-22-17-16(18(27)26(20(22)28)8-7-23-9-12-29-13-10-23)25-6-3-5-24(19(25)21-17)14-15-4-2-11-30-15/h2,4,11H,3,5-10,12-14H2,1H3. The third-order valence-corrected chi connectivity index (χ3v) is 5.98. The lowest BCUT2D eigenvalue weighted by Gasteiger charge is -2.28. The summed E-state index contributed by atoms with van der Waals surface area (Å²) in [7, 11) is 1.69. The molecule has 2 aliphatic rings. The number of anilines is 1. The lowest BCUT2D eigenvalue weighted by Crippen LogP contribution is -2.44. The second-order valence-electron chi connectivity index (χ2n) is 7.84. The Morgan fingerprint density at radius 2 is 1.93 bits per heavy atom. The first-order chi connectivity index (χ1) is 14.6. The molecule has 1 fully saturated rings. The average Bonchev–Trinajstić information content (AvgIpc) is 3.41. The number of nitrogens with zero attached hydrogens (tertiary/aromatic N) is 6. The normalized spacial score (nSPS) is 17.6. The predicted molar refractivity (Wildman–Crippen MR) is 111 cm³/mol. The van der Waals surface area contributed by atoms with Crippen LogP contribution in [-0.4, -0.2) is 63.0 Å². The molecule has 3 aromatic rings. The summed E-state index contributed by atoms with van der Waals surface area (Å²) in [5.41, 5.74) is 0.348. The molecule has 10 heteroatoms. The molecular formula is C20H26N6O4. The second kappa shape index (κ2) is 7.77. The predicted octanol–water partition coefficient (Wildman–Crippen LogP) is 0.232. The van der Waals surface area contributed by atoms with Crippen LogP contribution in [0.2, 0.25) is 0 Å². The van der Waals surface area contributed by atoms with Crippen molar-refractivity contribution in [2.45, 2.75) is 26.1 Å². The van der Waals surface area contributed by atoms with Gasteiger partial charge in [0.1, 0.15) is 5.76 Å². The molecule has 0 N–H and O–H groups in total. The Hall–Kier alpha value is -2.85. The molecule has 0 aliphatic carbocycles. The highest BCUT2D eigenvalue weighted by Crippen LogP contribution is 2.25. The van der Waals surface area contributed by atoms with Crippen molar-refractivity contribution in [2.75, 3.05) is 44.3 Å². The highest BCUT2D eigenvalue weighted by atomic mass is 16.5. The van der Waals surface area contributed by atoms with Crippen LogP contribution in [0.1, 0.15) is 12.2 Å². The number of ether oxygens (including phenoxy) is 1. The lowest BCUT2D eigenvalue weighted by atomic mass is 10.3. The number of aromatic nitrogens is 4. The van der Waals surface area contributed by atoms with E-state index in [-0.39, 0.29) is 11.2 Å². The van der Waals surface area contributed by atoms with Gasteiger partial charge in [-0.25, -0.2) is 4.79 Å². The molecule has 5 heterocycles. The van der Waals surface area contributed by atoms with Gasteiger partial charge in [0.15, 0.2) is 11.2 Å². The molecule has 0 bridgehead atoms. The number of hydrogen-bond donors (Lipinski definition) is 0. The maximum Gasteiger partial charge on any atom is 0.332 e.